The number of benzene rings is 2. The number of fused-ring (bicyclic) bond motifs is 1. The first-order chi connectivity index (χ1) is 13.9. The highest BCUT2D eigenvalue weighted by molar-refractivity contribution is 7.89. The quantitative estimate of drug-likeness (QED) is 0.635. The second-order valence-electron chi connectivity index (χ2n) is 7.36. The number of nitrogens with zero attached hydrogens (tertiary/aromatic N) is 4. The van der Waals surface area contributed by atoms with E-state index in [-0.39, 0.29) is 23.9 Å². The van der Waals surface area contributed by atoms with Crippen molar-refractivity contribution in [2.24, 2.45) is 0 Å². The lowest BCUT2D eigenvalue weighted by Crippen LogP contribution is -2.50. The third kappa shape index (κ3) is 3.77. The smallest absolute Gasteiger partial charge is 0.253 e. The maximum atomic E-state index is 13.1. The van der Waals surface area contributed by atoms with E-state index in [1.807, 2.05) is 24.3 Å². The summed E-state index contributed by atoms with van der Waals surface area (Å²) in [5, 5.41) is 0. The van der Waals surface area contributed by atoms with Crippen molar-refractivity contribution < 1.29 is 13.2 Å². The third-order valence-corrected chi connectivity index (χ3v) is 7.69. The molecular formula is C20H22N4O3S2. The van der Waals surface area contributed by atoms with Crippen molar-refractivity contribution in [3.05, 3.63) is 53.6 Å². The lowest BCUT2D eigenvalue weighted by molar-refractivity contribution is 0.0698. The number of piperazine rings is 1. The van der Waals surface area contributed by atoms with Gasteiger partial charge in [-0.15, -0.1) is 0 Å². The minimum atomic E-state index is -3.69. The Bertz CT molecular complexity index is 1130. The second kappa shape index (κ2) is 7.81. The Labute approximate surface area is 174 Å². The van der Waals surface area contributed by atoms with Crippen LogP contribution in [0.15, 0.2) is 47.4 Å². The van der Waals surface area contributed by atoms with Gasteiger partial charge < -0.3 is 4.90 Å². The van der Waals surface area contributed by atoms with E-state index in [9.17, 15) is 13.2 Å². The predicted molar refractivity (Wildman–Crippen MR) is 113 cm³/mol. The van der Waals surface area contributed by atoms with Crippen LogP contribution in [-0.4, -0.2) is 58.5 Å². The molecule has 29 heavy (non-hydrogen) atoms. The first-order valence-corrected chi connectivity index (χ1v) is 11.7. The van der Waals surface area contributed by atoms with Crippen LogP contribution in [0.25, 0.3) is 11.0 Å². The molecule has 2 heterocycles. The SMILES string of the molecule is CC(C)c1ccc(C(=O)N2CCN(S(=O)(=O)c3cccc4nsnc34)CC2)cc1. The molecule has 1 aliphatic heterocycles. The summed E-state index contributed by atoms with van der Waals surface area (Å²) in [6.07, 6.45) is 0. The summed E-state index contributed by atoms with van der Waals surface area (Å²) in [5.74, 6) is 0.341. The molecule has 1 aromatic heterocycles. The van der Waals surface area contributed by atoms with Crippen LogP contribution in [0.4, 0.5) is 0 Å². The molecule has 0 aliphatic carbocycles. The molecule has 4 rings (SSSR count). The van der Waals surface area contributed by atoms with E-state index < -0.39 is 10.0 Å². The predicted octanol–water partition coefficient (Wildman–Crippen LogP) is 2.96. The zero-order valence-electron chi connectivity index (χ0n) is 16.3. The molecule has 2 aromatic carbocycles. The molecule has 1 saturated heterocycles. The number of aromatic nitrogens is 2. The average molecular weight is 431 g/mol. The number of carbonyl (C=O) groups excluding carboxylic acids is 1. The fourth-order valence-corrected chi connectivity index (χ4v) is 5.63. The summed E-state index contributed by atoms with van der Waals surface area (Å²) < 4.78 is 35.9. The van der Waals surface area contributed by atoms with E-state index in [1.54, 1.807) is 23.1 Å². The van der Waals surface area contributed by atoms with E-state index in [4.69, 9.17) is 0 Å². The summed E-state index contributed by atoms with van der Waals surface area (Å²) in [6.45, 7) is 5.44. The minimum Gasteiger partial charge on any atom is -0.336 e. The van der Waals surface area contributed by atoms with Gasteiger partial charge in [-0.2, -0.15) is 13.1 Å². The van der Waals surface area contributed by atoms with E-state index in [2.05, 4.69) is 22.6 Å². The second-order valence-corrected chi connectivity index (χ2v) is 9.80. The van der Waals surface area contributed by atoms with Crippen molar-refractivity contribution in [1.82, 2.24) is 18.0 Å². The number of hydrogen-bond donors (Lipinski definition) is 0. The number of hydrogen-bond acceptors (Lipinski definition) is 6. The maximum Gasteiger partial charge on any atom is 0.253 e. The van der Waals surface area contributed by atoms with Crippen molar-refractivity contribution in [3.8, 4) is 0 Å². The van der Waals surface area contributed by atoms with Gasteiger partial charge in [0, 0.05) is 31.7 Å². The lowest BCUT2D eigenvalue weighted by Gasteiger charge is -2.34. The number of carbonyl (C=O) groups is 1. The first kappa shape index (κ1) is 19.9. The molecule has 0 N–H and O–H groups in total. The van der Waals surface area contributed by atoms with Crippen LogP contribution in [0, 0.1) is 0 Å². The number of rotatable bonds is 4. The van der Waals surface area contributed by atoms with Crippen LogP contribution >= 0.6 is 11.7 Å². The molecule has 1 fully saturated rings. The Balaban J connectivity index is 1.47. The molecule has 0 bridgehead atoms. The summed E-state index contributed by atoms with van der Waals surface area (Å²) >= 11 is 0.998. The molecule has 3 aromatic rings. The summed E-state index contributed by atoms with van der Waals surface area (Å²) in [7, 11) is -3.69. The van der Waals surface area contributed by atoms with Crippen LogP contribution in [0.1, 0.15) is 35.7 Å². The molecule has 9 heteroatoms. The summed E-state index contributed by atoms with van der Waals surface area (Å²) in [6, 6.07) is 12.6. The molecule has 152 valence electrons. The molecule has 7 nitrogen and oxygen atoms in total. The van der Waals surface area contributed by atoms with E-state index in [1.165, 1.54) is 9.87 Å². The zero-order valence-corrected chi connectivity index (χ0v) is 17.9. The number of sulfonamides is 1. The first-order valence-electron chi connectivity index (χ1n) is 9.48. The highest BCUT2D eigenvalue weighted by Crippen LogP contribution is 2.25. The van der Waals surface area contributed by atoms with Gasteiger partial charge >= 0.3 is 0 Å². The van der Waals surface area contributed by atoms with Gasteiger partial charge in [0.1, 0.15) is 15.9 Å². The van der Waals surface area contributed by atoms with Gasteiger partial charge in [0.25, 0.3) is 5.91 Å². The van der Waals surface area contributed by atoms with E-state index >= 15 is 0 Å². The fourth-order valence-electron chi connectivity index (χ4n) is 3.45. The highest BCUT2D eigenvalue weighted by atomic mass is 32.2. The van der Waals surface area contributed by atoms with Gasteiger partial charge in [-0.1, -0.05) is 32.0 Å². The van der Waals surface area contributed by atoms with Gasteiger partial charge in [0.15, 0.2) is 0 Å². The molecular weight excluding hydrogens is 408 g/mol. The summed E-state index contributed by atoms with van der Waals surface area (Å²) in [4.78, 5) is 14.7. The largest absolute Gasteiger partial charge is 0.336 e. The molecule has 1 amide bonds. The topological polar surface area (TPSA) is 83.5 Å². The Hall–Kier alpha value is -2.36. The third-order valence-electron chi connectivity index (χ3n) is 5.22. The molecule has 0 spiro atoms. The van der Waals surface area contributed by atoms with Gasteiger partial charge in [0.2, 0.25) is 10.0 Å². The highest BCUT2D eigenvalue weighted by Gasteiger charge is 2.32. The van der Waals surface area contributed by atoms with Crippen molar-refractivity contribution in [2.75, 3.05) is 26.2 Å². The van der Waals surface area contributed by atoms with Gasteiger partial charge in [-0.05, 0) is 35.7 Å². The van der Waals surface area contributed by atoms with Crippen molar-refractivity contribution >= 4 is 38.7 Å². The van der Waals surface area contributed by atoms with Crippen LogP contribution in [-0.2, 0) is 10.0 Å². The van der Waals surface area contributed by atoms with E-state index in [0.717, 1.165) is 11.7 Å². The normalized spacial score (nSPS) is 15.9. The Kier molecular flexibility index (Phi) is 5.37. The summed E-state index contributed by atoms with van der Waals surface area (Å²) in [5.41, 5.74) is 2.79. The molecule has 1 aliphatic rings. The monoisotopic (exact) mass is 430 g/mol. The average Bonchev–Trinajstić information content (AvgIpc) is 3.22. The fraction of sp³-hybridized carbons (Fsp3) is 0.350. The standard InChI is InChI=1S/C20H22N4O3S2/c1-14(2)15-6-8-16(9-7-15)20(25)23-10-12-24(13-11-23)29(26,27)18-5-3-4-17-19(18)22-28-21-17/h3-9,14H,10-13H2,1-2H3. The Morgan fingerprint density at radius 3 is 2.34 bits per heavy atom. The zero-order chi connectivity index (χ0) is 20.6. The molecule has 0 radical (unpaired) electrons. The minimum absolute atomic E-state index is 0.0665. The van der Waals surface area contributed by atoms with Crippen molar-refractivity contribution in [3.63, 3.8) is 0 Å². The van der Waals surface area contributed by atoms with Crippen LogP contribution < -0.4 is 0 Å². The number of amides is 1. The Morgan fingerprint density at radius 2 is 1.69 bits per heavy atom. The maximum absolute atomic E-state index is 13.1. The molecule has 0 saturated carbocycles. The van der Waals surface area contributed by atoms with Crippen molar-refractivity contribution in [2.45, 2.75) is 24.7 Å². The van der Waals surface area contributed by atoms with Gasteiger partial charge in [-0.25, -0.2) is 8.42 Å². The van der Waals surface area contributed by atoms with Crippen molar-refractivity contribution in [1.29, 1.82) is 0 Å². The van der Waals surface area contributed by atoms with E-state index in [0.29, 0.717) is 35.6 Å². The molecule has 0 atom stereocenters. The van der Waals surface area contributed by atoms with Crippen LogP contribution in [0.3, 0.4) is 0 Å². The van der Waals surface area contributed by atoms with Crippen LogP contribution in [0.5, 0.6) is 0 Å². The van der Waals surface area contributed by atoms with Gasteiger partial charge in [0.05, 0.1) is 11.7 Å². The molecule has 0 unspecified atom stereocenters. The van der Waals surface area contributed by atoms with Gasteiger partial charge in [-0.3, -0.25) is 4.79 Å². The van der Waals surface area contributed by atoms with Crippen LogP contribution in [0.2, 0.25) is 0 Å². The lowest BCUT2D eigenvalue weighted by atomic mass is 10.0. The Morgan fingerprint density at radius 1 is 1.00 bits per heavy atom.